The Labute approximate surface area is 160 Å². The number of hydrogen-bond acceptors (Lipinski definition) is 3. The van der Waals surface area contributed by atoms with Crippen LogP contribution in [0.15, 0.2) is 67.0 Å². The Hall–Kier alpha value is -3.61. The number of hydrogen-bond donors (Lipinski definition) is 1. The molecule has 0 fully saturated rings. The molecule has 2 amide bonds. The molecule has 0 saturated heterocycles. The van der Waals surface area contributed by atoms with Crippen molar-refractivity contribution in [3.63, 3.8) is 0 Å². The molecule has 0 aliphatic rings. The molecule has 142 valence electrons. The van der Waals surface area contributed by atoms with Gasteiger partial charge in [-0.05, 0) is 37.3 Å². The summed E-state index contributed by atoms with van der Waals surface area (Å²) < 4.78 is 26.3. The zero-order valence-corrected chi connectivity index (χ0v) is 15.0. The summed E-state index contributed by atoms with van der Waals surface area (Å²) in [6.45, 7) is 2.28. The molecule has 0 aliphatic carbocycles. The van der Waals surface area contributed by atoms with Crippen LogP contribution < -0.4 is 10.2 Å². The fraction of sp³-hybridized carbons (Fsp3) is 0.0952. The number of pyridine rings is 1. The molecular weight excluding hydrogens is 364 g/mol. The van der Waals surface area contributed by atoms with E-state index in [2.05, 4.69) is 10.3 Å². The third-order valence-corrected chi connectivity index (χ3v) is 4.05. The summed E-state index contributed by atoms with van der Waals surface area (Å²) in [7, 11) is 0. The summed E-state index contributed by atoms with van der Waals surface area (Å²) in [5.74, 6) is -2.96. The van der Waals surface area contributed by atoms with Gasteiger partial charge in [0.15, 0.2) is 11.6 Å². The van der Waals surface area contributed by atoms with Crippen LogP contribution in [-0.4, -0.2) is 23.3 Å². The van der Waals surface area contributed by atoms with Gasteiger partial charge in [0.2, 0.25) is 0 Å². The van der Waals surface area contributed by atoms with Gasteiger partial charge in [-0.15, -0.1) is 0 Å². The van der Waals surface area contributed by atoms with Crippen molar-refractivity contribution in [3.8, 4) is 0 Å². The maximum Gasteiger partial charge on any atom is 0.259 e. The van der Waals surface area contributed by atoms with E-state index in [9.17, 15) is 18.4 Å². The molecule has 28 heavy (non-hydrogen) atoms. The summed E-state index contributed by atoms with van der Waals surface area (Å²) in [6.07, 6.45) is 2.67. The fourth-order valence-corrected chi connectivity index (χ4v) is 2.67. The highest BCUT2D eigenvalue weighted by Crippen LogP contribution is 2.18. The number of amides is 2. The first kappa shape index (κ1) is 19.2. The first-order valence-corrected chi connectivity index (χ1v) is 8.58. The molecule has 1 heterocycles. The Morgan fingerprint density at radius 2 is 1.68 bits per heavy atom. The number of carbonyl (C=O) groups is 2. The van der Waals surface area contributed by atoms with E-state index in [0.717, 1.165) is 17.8 Å². The third kappa shape index (κ3) is 4.20. The topological polar surface area (TPSA) is 62.3 Å². The number of rotatable bonds is 5. The largest absolute Gasteiger partial charge is 0.322 e. The van der Waals surface area contributed by atoms with Crippen molar-refractivity contribution in [2.24, 2.45) is 0 Å². The van der Waals surface area contributed by atoms with Gasteiger partial charge in [-0.1, -0.05) is 18.2 Å². The van der Waals surface area contributed by atoms with Crippen molar-refractivity contribution < 1.29 is 18.4 Å². The maximum atomic E-state index is 13.3. The molecule has 0 radical (unpaired) electrons. The van der Waals surface area contributed by atoms with Crippen molar-refractivity contribution in [1.82, 2.24) is 4.98 Å². The van der Waals surface area contributed by atoms with E-state index in [0.29, 0.717) is 6.54 Å². The first-order valence-electron chi connectivity index (χ1n) is 8.58. The number of para-hydroxylation sites is 1. The lowest BCUT2D eigenvalue weighted by atomic mass is 10.1. The Morgan fingerprint density at radius 1 is 0.964 bits per heavy atom. The number of carbonyl (C=O) groups excluding carboxylic acids is 2. The summed E-state index contributed by atoms with van der Waals surface area (Å²) in [5.41, 5.74) is 1.19. The van der Waals surface area contributed by atoms with Crippen LogP contribution in [-0.2, 0) is 0 Å². The maximum absolute atomic E-state index is 13.3. The van der Waals surface area contributed by atoms with Crippen LogP contribution in [0.5, 0.6) is 0 Å². The summed E-state index contributed by atoms with van der Waals surface area (Å²) in [6, 6.07) is 13.6. The number of nitrogens with one attached hydrogen (secondary N) is 1. The fourth-order valence-electron chi connectivity index (χ4n) is 2.67. The molecule has 0 atom stereocenters. The van der Waals surface area contributed by atoms with Crippen LogP contribution in [0.25, 0.3) is 0 Å². The molecule has 5 nitrogen and oxygen atoms in total. The van der Waals surface area contributed by atoms with E-state index in [1.807, 2.05) is 37.3 Å². The van der Waals surface area contributed by atoms with Crippen molar-refractivity contribution in [1.29, 1.82) is 0 Å². The van der Waals surface area contributed by atoms with Crippen LogP contribution in [0.3, 0.4) is 0 Å². The van der Waals surface area contributed by atoms with Crippen molar-refractivity contribution in [2.75, 3.05) is 16.8 Å². The molecular formula is C21H17F2N3O2. The lowest BCUT2D eigenvalue weighted by Gasteiger charge is -2.21. The Morgan fingerprint density at radius 3 is 2.36 bits per heavy atom. The Kier molecular flexibility index (Phi) is 5.74. The van der Waals surface area contributed by atoms with Gasteiger partial charge in [0.05, 0.1) is 11.1 Å². The van der Waals surface area contributed by atoms with Gasteiger partial charge in [0.1, 0.15) is 0 Å². The molecule has 0 unspecified atom stereocenters. The van der Waals surface area contributed by atoms with E-state index in [1.165, 1.54) is 24.5 Å². The average molecular weight is 381 g/mol. The number of benzene rings is 2. The summed E-state index contributed by atoms with van der Waals surface area (Å²) in [4.78, 5) is 30.8. The first-order chi connectivity index (χ1) is 13.5. The number of aromatic nitrogens is 1. The van der Waals surface area contributed by atoms with Crippen molar-refractivity contribution in [2.45, 2.75) is 6.92 Å². The molecule has 1 aromatic heterocycles. The quantitative estimate of drug-likeness (QED) is 0.718. The lowest BCUT2D eigenvalue weighted by molar-refractivity contribution is 0.0988. The molecule has 0 spiro atoms. The van der Waals surface area contributed by atoms with Crippen LogP contribution >= 0.6 is 0 Å². The highest BCUT2D eigenvalue weighted by Gasteiger charge is 2.18. The monoisotopic (exact) mass is 381 g/mol. The SMILES string of the molecule is CCN(C(=O)c1cncc(C(=O)Nc2ccc(F)c(F)c2)c1)c1ccccc1. The average Bonchev–Trinajstić information content (AvgIpc) is 2.72. The van der Waals surface area contributed by atoms with E-state index < -0.39 is 17.5 Å². The minimum atomic E-state index is -1.07. The normalized spacial score (nSPS) is 10.4. The lowest BCUT2D eigenvalue weighted by Crippen LogP contribution is -2.31. The molecule has 1 N–H and O–H groups in total. The van der Waals surface area contributed by atoms with Crippen molar-refractivity contribution >= 4 is 23.2 Å². The molecule has 0 saturated carbocycles. The molecule has 3 rings (SSSR count). The molecule has 7 heteroatoms. The smallest absolute Gasteiger partial charge is 0.259 e. The van der Waals surface area contributed by atoms with E-state index in [-0.39, 0.29) is 22.7 Å². The van der Waals surface area contributed by atoms with Crippen molar-refractivity contribution in [3.05, 3.63) is 89.8 Å². The number of anilines is 2. The second-order valence-corrected chi connectivity index (χ2v) is 5.93. The number of nitrogens with zero attached hydrogens (tertiary/aromatic N) is 2. The van der Waals surface area contributed by atoms with Gasteiger partial charge in [0.25, 0.3) is 11.8 Å². The van der Waals surface area contributed by atoms with Gasteiger partial charge in [-0.25, -0.2) is 8.78 Å². The van der Waals surface area contributed by atoms with Gasteiger partial charge < -0.3 is 10.2 Å². The van der Waals surface area contributed by atoms with E-state index >= 15 is 0 Å². The van der Waals surface area contributed by atoms with Crippen LogP contribution in [0, 0.1) is 11.6 Å². The highest BCUT2D eigenvalue weighted by molar-refractivity contribution is 6.09. The predicted octanol–water partition coefficient (Wildman–Crippen LogP) is 4.28. The molecule has 0 bridgehead atoms. The van der Waals surface area contributed by atoms with Gasteiger partial charge in [0, 0.05) is 36.4 Å². The minimum Gasteiger partial charge on any atom is -0.322 e. The number of halogens is 2. The second kappa shape index (κ2) is 8.39. The van der Waals surface area contributed by atoms with Crippen LogP contribution in [0.2, 0.25) is 0 Å². The summed E-state index contributed by atoms with van der Waals surface area (Å²) in [5, 5.41) is 2.46. The van der Waals surface area contributed by atoms with Crippen LogP contribution in [0.4, 0.5) is 20.2 Å². The Balaban J connectivity index is 1.81. The zero-order valence-electron chi connectivity index (χ0n) is 15.0. The second-order valence-electron chi connectivity index (χ2n) is 5.93. The third-order valence-electron chi connectivity index (χ3n) is 4.05. The predicted molar refractivity (Wildman–Crippen MR) is 102 cm³/mol. The molecule has 3 aromatic rings. The van der Waals surface area contributed by atoms with E-state index in [1.54, 1.807) is 4.90 Å². The highest BCUT2D eigenvalue weighted by atomic mass is 19.2. The van der Waals surface area contributed by atoms with Gasteiger partial charge in [-0.2, -0.15) is 0 Å². The zero-order chi connectivity index (χ0) is 20.1. The molecule has 0 aliphatic heterocycles. The Bertz CT molecular complexity index is 1010. The van der Waals surface area contributed by atoms with Gasteiger partial charge >= 0.3 is 0 Å². The molecule has 2 aromatic carbocycles. The van der Waals surface area contributed by atoms with E-state index in [4.69, 9.17) is 0 Å². The van der Waals surface area contributed by atoms with Crippen LogP contribution in [0.1, 0.15) is 27.6 Å². The standard InChI is InChI=1S/C21H17F2N3O2/c1-2-26(17-6-4-3-5-7-17)21(28)15-10-14(12-24-13-15)20(27)25-16-8-9-18(22)19(23)11-16/h3-13H,2H2,1H3,(H,25,27). The summed E-state index contributed by atoms with van der Waals surface area (Å²) >= 11 is 0. The minimum absolute atomic E-state index is 0.0973. The van der Waals surface area contributed by atoms with Gasteiger partial charge in [-0.3, -0.25) is 14.6 Å².